The summed E-state index contributed by atoms with van der Waals surface area (Å²) < 4.78 is 0. The Kier molecular flexibility index (Phi) is 5.00. The van der Waals surface area contributed by atoms with Crippen LogP contribution in [0.2, 0.25) is 0 Å². The van der Waals surface area contributed by atoms with Crippen LogP contribution in [0.3, 0.4) is 0 Å². The first-order valence-electron chi connectivity index (χ1n) is 5.06. The average Bonchev–Trinajstić information content (AvgIpc) is 2.02. The van der Waals surface area contributed by atoms with Crippen molar-refractivity contribution >= 4 is 5.71 Å². The molecule has 0 bridgehead atoms. The van der Waals surface area contributed by atoms with E-state index in [9.17, 15) is 0 Å². The van der Waals surface area contributed by atoms with Gasteiger partial charge in [-0.05, 0) is 25.7 Å². The molecule has 0 saturated heterocycles. The van der Waals surface area contributed by atoms with Gasteiger partial charge in [-0.15, -0.1) is 0 Å². The number of nitrogens with zero attached hydrogens (tertiary/aromatic N) is 1. The van der Waals surface area contributed by atoms with Gasteiger partial charge < -0.3 is 5.11 Å². The van der Waals surface area contributed by atoms with Crippen LogP contribution in [-0.2, 0) is 0 Å². The van der Waals surface area contributed by atoms with Crippen molar-refractivity contribution in [2.24, 2.45) is 4.99 Å². The minimum atomic E-state index is 0.198. The molecule has 1 saturated carbocycles. The Morgan fingerprint density at radius 2 is 1.58 bits per heavy atom. The van der Waals surface area contributed by atoms with Gasteiger partial charge in [0.05, 0.1) is 13.2 Å². The normalized spacial score (nSPS) is 19.9. The first-order chi connectivity index (χ1) is 5.93. The van der Waals surface area contributed by atoms with E-state index in [4.69, 9.17) is 5.11 Å². The van der Waals surface area contributed by atoms with Crippen molar-refractivity contribution in [3.05, 3.63) is 0 Å². The minimum absolute atomic E-state index is 0.198. The first kappa shape index (κ1) is 9.72. The number of aliphatic hydroxyl groups excluding tert-OH is 1. The maximum absolute atomic E-state index is 8.62. The third-order valence-electron chi connectivity index (χ3n) is 2.37. The Balaban J connectivity index is 2.28. The molecule has 1 aliphatic carbocycles. The first-order valence-corrected chi connectivity index (χ1v) is 5.06. The molecule has 0 amide bonds. The highest BCUT2D eigenvalue weighted by Crippen LogP contribution is 2.14. The van der Waals surface area contributed by atoms with Crippen LogP contribution in [0, 0.1) is 0 Å². The largest absolute Gasteiger partial charge is 0.394 e. The topological polar surface area (TPSA) is 32.6 Å². The van der Waals surface area contributed by atoms with E-state index in [1.165, 1.54) is 50.7 Å². The van der Waals surface area contributed by atoms with Gasteiger partial charge in [-0.3, -0.25) is 4.99 Å². The minimum Gasteiger partial charge on any atom is -0.394 e. The van der Waals surface area contributed by atoms with Crippen LogP contribution in [0.1, 0.15) is 44.9 Å². The van der Waals surface area contributed by atoms with Gasteiger partial charge in [0, 0.05) is 5.71 Å². The molecule has 1 aliphatic rings. The Labute approximate surface area is 74.7 Å². The molecule has 1 fully saturated rings. The maximum atomic E-state index is 8.62. The second kappa shape index (κ2) is 6.18. The SMILES string of the molecule is OCCN=C1CCCCCCC1. The Morgan fingerprint density at radius 3 is 2.17 bits per heavy atom. The molecule has 0 aromatic rings. The molecule has 0 aliphatic heterocycles. The average molecular weight is 169 g/mol. The molecule has 0 unspecified atom stereocenters. The fourth-order valence-electron chi connectivity index (χ4n) is 1.68. The van der Waals surface area contributed by atoms with Crippen LogP contribution < -0.4 is 0 Å². The number of hydrogen-bond donors (Lipinski definition) is 1. The summed E-state index contributed by atoms with van der Waals surface area (Å²) in [7, 11) is 0. The molecule has 70 valence electrons. The molecule has 2 nitrogen and oxygen atoms in total. The van der Waals surface area contributed by atoms with Gasteiger partial charge in [-0.25, -0.2) is 0 Å². The lowest BCUT2D eigenvalue weighted by Crippen LogP contribution is -2.04. The Bertz CT molecular complexity index is 133. The van der Waals surface area contributed by atoms with E-state index in [1.807, 2.05) is 0 Å². The van der Waals surface area contributed by atoms with Crippen molar-refractivity contribution in [1.82, 2.24) is 0 Å². The highest BCUT2D eigenvalue weighted by molar-refractivity contribution is 5.84. The van der Waals surface area contributed by atoms with E-state index in [-0.39, 0.29) is 6.61 Å². The summed E-state index contributed by atoms with van der Waals surface area (Å²) in [6, 6.07) is 0. The molecule has 1 N–H and O–H groups in total. The lowest BCUT2D eigenvalue weighted by atomic mass is 9.99. The fraction of sp³-hybridized carbons (Fsp3) is 0.900. The summed E-state index contributed by atoms with van der Waals surface area (Å²) in [5.41, 5.74) is 1.34. The van der Waals surface area contributed by atoms with Gasteiger partial charge in [0.25, 0.3) is 0 Å². The third-order valence-corrected chi connectivity index (χ3v) is 2.37. The summed E-state index contributed by atoms with van der Waals surface area (Å²) in [4.78, 5) is 4.37. The zero-order valence-corrected chi connectivity index (χ0v) is 7.76. The summed E-state index contributed by atoms with van der Waals surface area (Å²) in [5, 5.41) is 8.62. The van der Waals surface area contributed by atoms with Crippen LogP contribution in [0.4, 0.5) is 0 Å². The van der Waals surface area contributed by atoms with E-state index in [1.54, 1.807) is 0 Å². The van der Waals surface area contributed by atoms with Crippen molar-refractivity contribution < 1.29 is 5.11 Å². The van der Waals surface area contributed by atoms with Gasteiger partial charge in [0.1, 0.15) is 0 Å². The van der Waals surface area contributed by atoms with Crippen LogP contribution in [-0.4, -0.2) is 24.0 Å². The number of rotatable bonds is 2. The highest BCUT2D eigenvalue weighted by atomic mass is 16.3. The molecule has 0 aromatic carbocycles. The molecular formula is C10H19NO. The van der Waals surface area contributed by atoms with Crippen LogP contribution in [0.5, 0.6) is 0 Å². The fourth-order valence-corrected chi connectivity index (χ4v) is 1.68. The predicted molar refractivity (Wildman–Crippen MR) is 51.7 cm³/mol. The summed E-state index contributed by atoms with van der Waals surface area (Å²) in [5.74, 6) is 0. The van der Waals surface area contributed by atoms with Crippen LogP contribution in [0.25, 0.3) is 0 Å². The summed E-state index contributed by atoms with van der Waals surface area (Å²) in [6.07, 6.45) is 9.04. The maximum Gasteiger partial charge on any atom is 0.0626 e. The smallest absolute Gasteiger partial charge is 0.0626 e. The van der Waals surface area contributed by atoms with E-state index in [0.717, 1.165) is 0 Å². The quantitative estimate of drug-likeness (QED) is 0.675. The standard InChI is InChI=1S/C10H19NO/c12-9-8-11-10-6-4-2-1-3-5-7-10/h12H,1-9H2. The van der Waals surface area contributed by atoms with E-state index in [2.05, 4.69) is 4.99 Å². The molecule has 12 heavy (non-hydrogen) atoms. The van der Waals surface area contributed by atoms with Gasteiger partial charge in [-0.1, -0.05) is 19.3 Å². The summed E-state index contributed by atoms with van der Waals surface area (Å²) >= 11 is 0. The molecule has 0 atom stereocenters. The van der Waals surface area contributed by atoms with Crippen molar-refractivity contribution in [1.29, 1.82) is 0 Å². The van der Waals surface area contributed by atoms with Crippen LogP contribution in [0.15, 0.2) is 4.99 Å². The zero-order valence-electron chi connectivity index (χ0n) is 7.76. The molecule has 2 heteroatoms. The molecule has 0 heterocycles. The number of aliphatic imine (C=N–C) groups is 1. The summed E-state index contributed by atoms with van der Waals surface area (Å²) in [6.45, 7) is 0.804. The van der Waals surface area contributed by atoms with Gasteiger partial charge in [0.2, 0.25) is 0 Å². The Hall–Kier alpha value is -0.370. The van der Waals surface area contributed by atoms with E-state index >= 15 is 0 Å². The molecular weight excluding hydrogens is 150 g/mol. The van der Waals surface area contributed by atoms with Crippen molar-refractivity contribution in [2.45, 2.75) is 44.9 Å². The second-order valence-electron chi connectivity index (χ2n) is 3.44. The van der Waals surface area contributed by atoms with Crippen molar-refractivity contribution in [3.8, 4) is 0 Å². The van der Waals surface area contributed by atoms with Crippen LogP contribution >= 0.6 is 0 Å². The number of hydrogen-bond acceptors (Lipinski definition) is 2. The lowest BCUT2D eigenvalue weighted by Gasteiger charge is -2.10. The second-order valence-corrected chi connectivity index (χ2v) is 3.44. The van der Waals surface area contributed by atoms with E-state index in [0.29, 0.717) is 6.54 Å². The molecule has 1 rings (SSSR count). The van der Waals surface area contributed by atoms with Gasteiger partial charge in [0.15, 0.2) is 0 Å². The van der Waals surface area contributed by atoms with Gasteiger partial charge in [-0.2, -0.15) is 0 Å². The predicted octanol–water partition coefficient (Wildman–Crippen LogP) is 2.16. The van der Waals surface area contributed by atoms with E-state index < -0.39 is 0 Å². The monoisotopic (exact) mass is 169 g/mol. The number of aliphatic hydroxyl groups is 1. The lowest BCUT2D eigenvalue weighted by molar-refractivity contribution is 0.306. The molecule has 0 radical (unpaired) electrons. The van der Waals surface area contributed by atoms with Crippen molar-refractivity contribution in [2.75, 3.05) is 13.2 Å². The molecule has 0 aromatic heterocycles. The van der Waals surface area contributed by atoms with Crippen molar-refractivity contribution in [3.63, 3.8) is 0 Å². The zero-order chi connectivity index (χ0) is 8.65. The highest BCUT2D eigenvalue weighted by Gasteiger charge is 2.03. The van der Waals surface area contributed by atoms with Gasteiger partial charge >= 0.3 is 0 Å². The third kappa shape index (κ3) is 3.86. The molecule has 0 spiro atoms. The Morgan fingerprint density at radius 1 is 1.00 bits per heavy atom.